The summed E-state index contributed by atoms with van der Waals surface area (Å²) in [6.45, 7) is 1.90. The molecule has 1 atom stereocenters. The molecule has 0 amide bonds. The van der Waals surface area contributed by atoms with Crippen molar-refractivity contribution in [1.82, 2.24) is 0 Å². The number of rotatable bonds is 7. The van der Waals surface area contributed by atoms with Gasteiger partial charge in [-0.25, -0.2) is 4.39 Å². The molecule has 0 aromatic carbocycles. The Morgan fingerprint density at radius 2 is 1.80 bits per heavy atom. The maximum absolute atomic E-state index is 12.8. The summed E-state index contributed by atoms with van der Waals surface area (Å²) in [7, 11) is -5.65. The highest BCUT2D eigenvalue weighted by Gasteiger charge is 2.52. The molecule has 0 fully saturated rings. The summed E-state index contributed by atoms with van der Waals surface area (Å²) in [5.74, 6) is 0. The lowest BCUT2D eigenvalue weighted by molar-refractivity contribution is -0.00707. The van der Waals surface area contributed by atoms with Crippen LogP contribution >= 0.6 is 0 Å². The second-order valence-electron chi connectivity index (χ2n) is 3.35. The van der Waals surface area contributed by atoms with Gasteiger partial charge in [-0.05, 0) is 6.42 Å². The molecule has 0 bridgehead atoms. The van der Waals surface area contributed by atoms with Crippen molar-refractivity contribution < 1.29 is 26.1 Å². The zero-order chi connectivity index (χ0) is 12.1. The van der Waals surface area contributed by atoms with Crippen LogP contribution in [0.3, 0.4) is 0 Å². The second kappa shape index (κ2) is 5.69. The Morgan fingerprint density at radius 1 is 1.27 bits per heavy atom. The number of hydrogen-bond donors (Lipinski definition) is 1. The summed E-state index contributed by atoms with van der Waals surface area (Å²) in [6.07, 6.45) is -1.01. The molecule has 1 unspecified atom stereocenters. The van der Waals surface area contributed by atoms with Crippen LogP contribution in [-0.4, -0.2) is 24.4 Å². The summed E-state index contributed by atoms with van der Waals surface area (Å²) in [5, 5.41) is -4.70. The highest BCUT2D eigenvalue weighted by Crippen LogP contribution is 2.30. The summed E-state index contributed by atoms with van der Waals surface area (Å²) in [6, 6.07) is 0. The molecule has 0 rings (SSSR count). The van der Waals surface area contributed by atoms with E-state index in [1.165, 1.54) is 0 Å². The molecule has 0 heterocycles. The second-order valence-corrected chi connectivity index (χ2v) is 4.85. The number of unbranched alkanes of at least 4 members (excludes halogenated alkanes) is 3. The van der Waals surface area contributed by atoms with E-state index in [1.54, 1.807) is 0 Å². The molecule has 1 N–H and O–H groups in total. The zero-order valence-electron chi connectivity index (χ0n) is 8.42. The van der Waals surface area contributed by atoms with Crippen LogP contribution in [0.2, 0.25) is 0 Å². The van der Waals surface area contributed by atoms with Gasteiger partial charge in [0, 0.05) is 0 Å². The first-order chi connectivity index (χ1) is 6.73. The molecule has 0 saturated heterocycles. The summed E-state index contributed by atoms with van der Waals surface area (Å²) < 4.78 is 66.5. The van der Waals surface area contributed by atoms with Gasteiger partial charge in [-0.2, -0.15) is 17.2 Å². The highest BCUT2D eigenvalue weighted by atomic mass is 32.2. The van der Waals surface area contributed by atoms with Crippen LogP contribution in [0, 0.1) is 0 Å². The van der Waals surface area contributed by atoms with Crippen molar-refractivity contribution in [2.45, 2.75) is 50.5 Å². The van der Waals surface area contributed by atoms with E-state index in [4.69, 9.17) is 4.55 Å². The Bertz CT molecular complexity index is 277. The van der Waals surface area contributed by atoms with Gasteiger partial charge in [0.1, 0.15) is 0 Å². The molecule has 0 radical (unpaired) electrons. The van der Waals surface area contributed by atoms with E-state index >= 15 is 0 Å². The minimum atomic E-state index is -5.65. The number of hydrogen-bond acceptors (Lipinski definition) is 2. The van der Waals surface area contributed by atoms with E-state index in [1.807, 2.05) is 6.92 Å². The van der Waals surface area contributed by atoms with Gasteiger partial charge >= 0.3 is 15.4 Å². The molecule has 92 valence electrons. The van der Waals surface area contributed by atoms with Gasteiger partial charge in [0.25, 0.3) is 0 Å². The molecule has 15 heavy (non-hydrogen) atoms. The summed E-state index contributed by atoms with van der Waals surface area (Å²) >= 11 is 0. The van der Waals surface area contributed by atoms with Crippen LogP contribution in [0.25, 0.3) is 0 Å². The molecule has 0 aliphatic heterocycles. The normalized spacial score (nSPS) is 15.3. The van der Waals surface area contributed by atoms with Gasteiger partial charge in [-0.15, -0.1) is 0 Å². The van der Waals surface area contributed by atoms with Crippen LogP contribution in [0.5, 0.6) is 0 Å². The largest absolute Gasteiger partial charge is 0.400 e. The maximum atomic E-state index is 12.8. The van der Waals surface area contributed by atoms with E-state index < -0.39 is 28.0 Å². The first-order valence-corrected chi connectivity index (χ1v) is 6.16. The Morgan fingerprint density at radius 3 is 2.20 bits per heavy atom. The quantitative estimate of drug-likeness (QED) is 0.556. The van der Waals surface area contributed by atoms with Crippen LogP contribution < -0.4 is 0 Å². The van der Waals surface area contributed by atoms with Gasteiger partial charge < -0.3 is 0 Å². The van der Waals surface area contributed by atoms with Crippen molar-refractivity contribution in [3.63, 3.8) is 0 Å². The smallest absolute Gasteiger partial charge is 0.281 e. The minimum absolute atomic E-state index is 0.181. The third kappa shape index (κ3) is 4.38. The Balaban J connectivity index is 4.15. The van der Waals surface area contributed by atoms with Crippen molar-refractivity contribution in [3.8, 4) is 0 Å². The van der Waals surface area contributed by atoms with Crippen molar-refractivity contribution in [2.24, 2.45) is 0 Å². The molecule has 0 aromatic heterocycles. The van der Waals surface area contributed by atoms with Crippen LogP contribution in [0.1, 0.15) is 39.0 Å². The number of halogens is 3. The molecular formula is C8H15F3O3S. The van der Waals surface area contributed by atoms with Crippen molar-refractivity contribution in [1.29, 1.82) is 0 Å². The van der Waals surface area contributed by atoms with Crippen LogP contribution in [-0.2, 0) is 10.1 Å². The van der Waals surface area contributed by atoms with E-state index in [0.29, 0.717) is 6.42 Å². The molecule has 0 aliphatic carbocycles. The van der Waals surface area contributed by atoms with Crippen molar-refractivity contribution in [2.75, 3.05) is 0 Å². The van der Waals surface area contributed by atoms with E-state index in [2.05, 4.69) is 0 Å². The molecule has 0 saturated carbocycles. The van der Waals surface area contributed by atoms with Crippen molar-refractivity contribution in [3.05, 3.63) is 0 Å². The lowest BCUT2D eigenvalue weighted by atomic mass is 10.1. The van der Waals surface area contributed by atoms with E-state index in [0.717, 1.165) is 12.8 Å². The lowest BCUT2D eigenvalue weighted by Gasteiger charge is -2.17. The average Bonchev–Trinajstić information content (AvgIpc) is 2.10. The standard InChI is InChI=1S/C8H15F3O3S/c1-2-3-4-5-6-7(9)8(10,11)15(12,13)14/h7H,2-6H2,1H3,(H,12,13,14). The molecule has 3 nitrogen and oxygen atoms in total. The number of alkyl halides is 3. The average molecular weight is 248 g/mol. The van der Waals surface area contributed by atoms with E-state index in [9.17, 15) is 21.6 Å². The van der Waals surface area contributed by atoms with Gasteiger partial charge in [-0.1, -0.05) is 32.6 Å². The van der Waals surface area contributed by atoms with Gasteiger partial charge in [0.15, 0.2) is 6.17 Å². The third-order valence-electron chi connectivity index (χ3n) is 2.02. The Labute approximate surface area is 87.4 Å². The fourth-order valence-electron chi connectivity index (χ4n) is 1.08. The van der Waals surface area contributed by atoms with Gasteiger partial charge in [-0.3, -0.25) is 4.55 Å². The fraction of sp³-hybridized carbons (Fsp3) is 1.00. The minimum Gasteiger partial charge on any atom is -0.281 e. The summed E-state index contributed by atoms with van der Waals surface area (Å²) in [5.41, 5.74) is 0. The van der Waals surface area contributed by atoms with Crippen LogP contribution in [0.15, 0.2) is 0 Å². The van der Waals surface area contributed by atoms with Gasteiger partial charge in [0.05, 0.1) is 0 Å². The molecule has 0 aliphatic rings. The SMILES string of the molecule is CCCCCCC(F)C(F)(F)S(=O)(=O)O. The first kappa shape index (κ1) is 14.7. The Hall–Kier alpha value is -0.300. The molecule has 0 aromatic rings. The third-order valence-corrected chi connectivity index (χ3v) is 2.96. The molecule has 0 spiro atoms. The topological polar surface area (TPSA) is 54.4 Å². The van der Waals surface area contributed by atoms with Crippen LogP contribution in [0.4, 0.5) is 13.2 Å². The summed E-state index contributed by atoms with van der Waals surface area (Å²) in [4.78, 5) is 0. The molecule has 7 heteroatoms. The Kier molecular flexibility index (Phi) is 5.58. The maximum Gasteiger partial charge on any atom is 0.400 e. The fourth-order valence-corrected chi connectivity index (χ4v) is 1.52. The molecular weight excluding hydrogens is 233 g/mol. The zero-order valence-corrected chi connectivity index (χ0v) is 9.24. The lowest BCUT2D eigenvalue weighted by Crippen LogP contribution is -2.38. The monoisotopic (exact) mass is 248 g/mol. The van der Waals surface area contributed by atoms with Crippen molar-refractivity contribution >= 4 is 10.1 Å². The predicted octanol–water partition coefficient (Wildman–Crippen LogP) is 2.78. The van der Waals surface area contributed by atoms with Gasteiger partial charge in [0.2, 0.25) is 0 Å². The van der Waals surface area contributed by atoms with E-state index in [-0.39, 0.29) is 6.42 Å². The predicted molar refractivity (Wildman–Crippen MR) is 50.2 cm³/mol. The highest BCUT2D eigenvalue weighted by molar-refractivity contribution is 7.86. The first-order valence-electron chi connectivity index (χ1n) is 4.72.